The van der Waals surface area contributed by atoms with Crippen molar-refractivity contribution in [3.05, 3.63) is 58.6 Å². The minimum absolute atomic E-state index is 0.0683. The van der Waals surface area contributed by atoms with Crippen LogP contribution in [0.15, 0.2) is 48.5 Å². The molecule has 1 aliphatic rings. The van der Waals surface area contributed by atoms with Crippen LogP contribution in [-0.2, 0) is 4.79 Å². The van der Waals surface area contributed by atoms with E-state index in [1.165, 1.54) is 5.69 Å². The summed E-state index contributed by atoms with van der Waals surface area (Å²) in [5, 5.41) is 4.00. The molecule has 1 N–H and O–H groups in total. The van der Waals surface area contributed by atoms with E-state index in [1.54, 1.807) is 12.1 Å². The number of carbonyl (C=O) groups is 1. The number of piperazine rings is 1. The van der Waals surface area contributed by atoms with Crippen molar-refractivity contribution in [3.63, 3.8) is 0 Å². The molecule has 1 aliphatic heterocycles. The van der Waals surface area contributed by atoms with E-state index in [2.05, 4.69) is 22.3 Å². The lowest BCUT2D eigenvalue weighted by atomic mass is 10.2. The molecule has 0 atom stereocenters. The van der Waals surface area contributed by atoms with Crippen molar-refractivity contribution in [2.24, 2.45) is 0 Å². The van der Waals surface area contributed by atoms with Crippen molar-refractivity contribution in [1.82, 2.24) is 4.90 Å². The van der Waals surface area contributed by atoms with E-state index in [1.807, 2.05) is 29.2 Å². The van der Waals surface area contributed by atoms with Gasteiger partial charge >= 0.3 is 0 Å². The van der Waals surface area contributed by atoms with E-state index in [-0.39, 0.29) is 12.5 Å². The summed E-state index contributed by atoms with van der Waals surface area (Å²) in [6.07, 6.45) is 0. The zero-order valence-corrected chi connectivity index (χ0v) is 14.7. The fraction of sp³-hybridized carbons (Fsp3) is 0.278. The number of amides is 1. The van der Waals surface area contributed by atoms with E-state index < -0.39 is 0 Å². The molecule has 1 amide bonds. The normalized spacial score (nSPS) is 14.6. The topological polar surface area (TPSA) is 35.6 Å². The SMILES string of the molecule is O=C(CNc1cccc(Cl)c1Cl)N1CCN(c2ccccc2)CC1. The molecular weight excluding hydrogens is 345 g/mol. The maximum atomic E-state index is 12.4. The number of nitrogens with one attached hydrogen (secondary N) is 1. The second kappa shape index (κ2) is 7.77. The van der Waals surface area contributed by atoms with Crippen molar-refractivity contribution >= 4 is 40.5 Å². The highest BCUT2D eigenvalue weighted by Gasteiger charge is 2.21. The number of nitrogens with zero attached hydrogens (tertiary/aromatic N) is 2. The Labute approximate surface area is 152 Å². The lowest BCUT2D eigenvalue weighted by Crippen LogP contribution is -2.50. The van der Waals surface area contributed by atoms with Gasteiger partial charge in [0.25, 0.3) is 0 Å². The van der Waals surface area contributed by atoms with Crippen LogP contribution in [0.3, 0.4) is 0 Å². The average molecular weight is 364 g/mol. The Hall–Kier alpha value is -1.91. The smallest absolute Gasteiger partial charge is 0.241 e. The Balaban J connectivity index is 1.51. The number of rotatable bonds is 4. The lowest BCUT2D eigenvalue weighted by molar-refractivity contribution is -0.129. The molecule has 0 aliphatic carbocycles. The van der Waals surface area contributed by atoms with Crippen LogP contribution in [0.2, 0.25) is 10.0 Å². The fourth-order valence-corrected chi connectivity index (χ4v) is 3.14. The molecular formula is C18H19Cl2N3O. The predicted molar refractivity (Wildman–Crippen MR) is 100 cm³/mol. The summed E-state index contributed by atoms with van der Waals surface area (Å²) in [6, 6.07) is 15.6. The summed E-state index contributed by atoms with van der Waals surface area (Å²) < 4.78 is 0. The van der Waals surface area contributed by atoms with Gasteiger partial charge in [-0.05, 0) is 24.3 Å². The molecule has 1 fully saturated rings. The number of para-hydroxylation sites is 1. The summed E-state index contributed by atoms with van der Waals surface area (Å²) in [4.78, 5) is 16.6. The minimum atomic E-state index is 0.0683. The van der Waals surface area contributed by atoms with Gasteiger partial charge in [0, 0.05) is 31.9 Å². The Morgan fingerprint density at radius 3 is 2.38 bits per heavy atom. The Morgan fingerprint density at radius 2 is 1.67 bits per heavy atom. The molecule has 1 saturated heterocycles. The highest BCUT2D eigenvalue weighted by atomic mass is 35.5. The first-order valence-corrected chi connectivity index (χ1v) is 8.66. The van der Waals surface area contributed by atoms with Crippen LogP contribution in [0.5, 0.6) is 0 Å². The van der Waals surface area contributed by atoms with Crippen LogP contribution in [0, 0.1) is 0 Å². The largest absolute Gasteiger partial charge is 0.375 e. The molecule has 0 saturated carbocycles. The quantitative estimate of drug-likeness (QED) is 0.898. The Morgan fingerprint density at radius 1 is 0.958 bits per heavy atom. The van der Waals surface area contributed by atoms with Gasteiger partial charge in [-0.3, -0.25) is 4.79 Å². The van der Waals surface area contributed by atoms with Gasteiger partial charge in [0.15, 0.2) is 0 Å². The molecule has 24 heavy (non-hydrogen) atoms. The first kappa shape index (κ1) is 16.9. The number of anilines is 2. The fourth-order valence-electron chi connectivity index (χ4n) is 2.78. The third-order valence-corrected chi connectivity index (χ3v) is 4.95. The Bertz CT molecular complexity index is 701. The van der Waals surface area contributed by atoms with Crippen LogP contribution in [0.4, 0.5) is 11.4 Å². The van der Waals surface area contributed by atoms with Gasteiger partial charge in [0.2, 0.25) is 5.91 Å². The molecule has 2 aromatic rings. The summed E-state index contributed by atoms with van der Waals surface area (Å²) in [7, 11) is 0. The van der Waals surface area contributed by atoms with Crippen molar-refractivity contribution in [2.45, 2.75) is 0 Å². The number of benzene rings is 2. The molecule has 2 aromatic carbocycles. The summed E-state index contributed by atoms with van der Waals surface area (Å²) in [5.41, 5.74) is 1.88. The molecule has 3 rings (SSSR count). The van der Waals surface area contributed by atoms with E-state index in [9.17, 15) is 4.79 Å². The second-order valence-corrected chi connectivity index (χ2v) is 6.44. The molecule has 0 spiro atoms. The molecule has 6 heteroatoms. The third-order valence-electron chi connectivity index (χ3n) is 4.14. The molecule has 0 aromatic heterocycles. The van der Waals surface area contributed by atoms with Crippen molar-refractivity contribution in [1.29, 1.82) is 0 Å². The summed E-state index contributed by atoms with van der Waals surface area (Å²) >= 11 is 12.1. The monoisotopic (exact) mass is 363 g/mol. The first-order valence-electron chi connectivity index (χ1n) is 7.91. The van der Waals surface area contributed by atoms with Gasteiger partial charge in [0.1, 0.15) is 0 Å². The van der Waals surface area contributed by atoms with Crippen LogP contribution >= 0.6 is 23.2 Å². The third kappa shape index (κ3) is 3.94. The van der Waals surface area contributed by atoms with Gasteiger partial charge in [0.05, 0.1) is 22.3 Å². The number of halogens is 2. The van der Waals surface area contributed by atoms with Crippen LogP contribution in [0.25, 0.3) is 0 Å². The molecule has 0 radical (unpaired) electrons. The van der Waals surface area contributed by atoms with Crippen LogP contribution in [0.1, 0.15) is 0 Å². The molecule has 0 unspecified atom stereocenters. The van der Waals surface area contributed by atoms with E-state index in [4.69, 9.17) is 23.2 Å². The summed E-state index contributed by atoms with van der Waals surface area (Å²) in [6.45, 7) is 3.34. The minimum Gasteiger partial charge on any atom is -0.375 e. The zero-order valence-electron chi connectivity index (χ0n) is 13.2. The van der Waals surface area contributed by atoms with Crippen LogP contribution in [-0.4, -0.2) is 43.5 Å². The van der Waals surface area contributed by atoms with Crippen molar-refractivity contribution in [2.75, 3.05) is 42.9 Å². The van der Waals surface area contributed by atoms with Crippen LogP contribution < -0.4 is 10.2 Å². The van der Waals surface area contributed by atoms with Gasteiger partial charge in [-0.15, -0.1) is 0 Å². The van der Waals surface area contributed by atoms with E-state index >= 15 is 0 Å². The first-order chi connectivity index (χ1) is 11.6. The van der Waals surface area contributed by atoms with Gasteiger partial charge in [-0.2, -0.15) is 0 Å². The van der Waals surface area contributed by atoms with E-state index in [0.29, 0.717) is 15.7 Å². The number of hydrogen-bond acceptors (Lipinski definition) is 3. The molecule has 0 bridgehead atoms. The standard InChI is InChI=1S/C18H19Cl2N3O/c19-15-7-4-8-16(18(15)20)21-13-17(24)23-11-9-22(10-12-23)14-5-2-1-3-6-14/h1-8,21H,9-13H2. The highest BCUT2D eigenvalue weighted by Crippen LogP contribution is 2.29. The maximum absolute atomic E-state index is 12.4. The maximum Gasteiger partial charge on any atom is 0.241 e. The van der Waals surface area contributed by atoms with Gasteiger partial charge in [-0.1, -0.05) is 47.5 Å². The summed E-state index contributed by atoms with van der Waals surface area (Å²) in [5.74, 6) is 0.0683. The number of carbonyl (C=O) groups excluding carboxylic acids is 1. The van der Waals surface area contributed by atoms with Gasteiger partial charge < -0.3 is 15.1 Å². The highest BCUT2D eigenvalue weighted by molar-refractivity contribution is 6.43. The van der Waals surface area contributed by atoms with Crippen molar-refractivity contribution in [3.8, 4) is 0 Å². The molecule has 1 heterocycles. The van der Waals surface area contributed by atoms with Crippen molar-refractivity contribution < 1.29 is 4.79 Å². The van der Waals surface area contributed by atoms with Gasteiger partial charge in [-0.25, -0.2) is 0 Å². The van der Waals surface area contributed by atoms with E-state index in [0.717, 1.165) is 26.2 Å². The Kier molecular flexibility index (Phi) is 5.48. The number of hydrogen-bond donors (Lipinski definition) is 1. The molecule has 4 nitrogen and oxygen atoms in total. The predicted octanol–water partition coefficient (Wildman–Crippen LogP) is 3.75. The average Bonchev–Trinajstić information content (AvgIpc) is 2.63. The lowest BCUT2D eigenvalue weighted by Gasteiger charge is -2.36. The zero-order chi connectivity index (χ0) is 16.9. The molecule has 126 valence electrons. The second-order valence-electron chi connectivity index (χ2n) is 5.66.